The Kier molecular flexibility index (Phi) is 2.39. The van der Waals surface area contributed by atoms with Crippen molar-refractivity contribution in [1.29, 1.82) is 0 Å². The molecule has 0 aliphatic rings. The molecule has 2 aromatic rings. The van der Waals surface area contributed by atoms with E-state index in [9.17, 15) is 8.78 Å². The quantitative estimate of drug-likeness (QED) is 0.861. The molecule has 2 heterocycles. The Morgan fingerprint density at radius 3 is 2.80 bits per heavy atom. The maximum Gasteiger partial charge on any atom is 0.320 e. The van der Waals surface area contributed by atoms with Crippen LogP contribution in [-0.4, -0.2) is 14.5 Å². The molecule has 0 amide bonds. The number of anilines is 1. The van der Waals surface area contributed by atoms with Crippen molar-refractivity contribution < 1.29 is 8.78 Å². The molecule has 0 aliphatic heterocycles. The Morgan fingerprint density at radius 2 is 2.27 bits per heavy atom. The second-order valence-electron chi connectivity index (χ2n) is 2.90. The Morgan fingerprint density at radius 1 is 1.53 bits per heavy atom. The molecule has 0 unspecified atom stereocenters. The Balaban J connectivity index is 2.54. The fourth-order valence-corrected chi connectivity index (χ4v) is 2.11. The molecule has 0 aliphatic carbocycles. The third kappa shape index (κ3) is 1.70. The normalized spacial score (nSPS) is 11.2. The number of aromatic nitrogens is 3. The molecule has 0 spiro atoms. The summed E-state index contributed by atoms with van der Waals surface area (Å²) in [4.78, 5) is 8.43. The van der Waals surface area contributed by atoms with Gasteiger partial charge in [0.15, 0.2) is 11.0 Å². The summed E-state index contributed by atoms with van der Waals surface area (Å²) in [6.45, 7) is -0.891. The van der Waals surface area contributed by atoms with Crippen molar-refractivity contribution >= 4 is 16.5 Å². The molecule has 2 rings (SSSR count). The van der Waals surface area contributed by atoms with E-state index >= 15 is 0 Å². The van der Waals surface area contributed by atoms with Crippen molar-refractivity contribution in [3.63, 3.8) is 0 Å². The molecule has 2 aromatic heterocycles. The Bertz CT molecular complexity index is 477. The number of alkyl halides is 2. The zero-order chi connectivity index (χ0) is 11.0. The first kappa shape index (κ1) is 10.0. The summed E-state index contributed by atoms with van der Waals surface area (Å²) in [5.74, 6) is 0.205. The fraction of sp³-hybridized carbons (Fsp3) is 0.250. The first-order chi connectivity index (χ1) is 7.09. The van der Waals surface area contributed by atoms with Crippen LogP contribution in [0.3, 0.4) is 0 Å². The third-order valence-corrected chi connectivity index (χ3v) is 2.88. The fourth-order valence-electron chi connectivity index (χ4n) is 1.27. The van der Waals surface area contributed by atoms with Gasteiger partial charge in [-0.1, -0.05) is 11.3 Å². The van der Waals surface area contributed by atoms with Crippen molar-refractivity contribution in [1.82, 2.24) is 14.5 Å². The van der Waals surface area contributed by atoms with Gasteiger partial charge in [0.1, 0.15) is 0 Å². The van der Waals surface area contributed by atoms with Crippen LogP contribution in [0.5, 0.6) is 0 Å². The molecule has 2 N–H and O–H groups in total. The van der Waals surface area contributed by atoms with Crippen LogP contribution >= 0.6 is 11.3 Å². The zero-order valence-corrected chi connectivity index (χ0v) is 8.63. The van der Waals surface area contributed by atoms with Gasteiger partial charge in [-0.15, -0.1) is 0 Å². The number of nitrogens with two attached hydrogens (primary N) is 1. The van der Waals surface area contributed by atoms with E-state index in [1.807, 2.05) is 0 Å². The molecular formula is C8H8F2N4S. The molecule has 0 bridgehead atoms. The van der Waals surface area contributed by atoms with Gasteiger partial charge < -0.3 is 5.73 Å². The second kappa shape index (κ2) is 3.58. The number of nitrogens with zero attached hydrogens (tertiary/aromatic N) is 3. The number of rotatable bonds is 2. The monoisotopic (exact) mass is 230 g/mol. The van der Waals surface area contributed by atoms with E-state index in [1.165, 1.54) is 12.4 Å². The molecule has 15 heavy (non-hydrogen) atoms. The number of imidazole rings is 1. The number of hydrogen-bond donors (Lipinski definition) is 1. The van der Waals surface area contributed by atoms with E-state index in [-0.39, 0.29) is 5.82 Å². The van der Waals surface area contributed by atoms with Gasteiger partial charge in [-0.05, 0) is 6.92 Å². The first-order valence-corrected chi connectivity index (χ1v) is 4.95. The lowest BCUT2D eigenvalue weighted by Gasteiger charge is -2.04. The zero-order valence-electron chi connectivity index (χ0n) is 7.82. The van der Waals surface area contributed by atoms with Gasteiger partial charge in [0.25, 0.3) is 0 Å². The summed E-state index contributed by atoms with van der Waals surface area (Å²) in [7, 11) is 0. The minimum Gasteiger partial charge on any atom is -0.375 e. The molecular weight excluding hydrogens is 222 g/mol. The summed E-state index contributed by atoms with van der Waals surface area (Å²) in [5, 5.41) is 0.353. The van der Waals surface area contributed by atoms with E-state index < -0.39 is 6.55 Å². The van der Waals surface area contributed by atoms with Crippen LogP contribution in [0.2, 0.25) is 0 Å². The highest BCUT2D eigenvalue weighted by molar-refractivity contribution is 7.18. The van der Waals surface area contributed by atoms with Gasteiger partial charge in [0.05, 0.1) is 10.6 Å². The van der Waals surface area contributed by atoms with Crippen molar-refractivity contribution in [3.8, 4) is 10.7 Å². The maximum atomic E-state index is 12.6. The average molecular weight is 230 g/mol. The van der Waals surface area contributed by atoms with Gasteiger partial charge in [0, 0.05) is 12.4 Å². The van der Waals surface area contributed by atoms with Crippen LogP contribution in [0.25, 0.3) is 10.7 Å². The first-order valence-electron chi connectivity index (χ1n) is 4.14. The highest BCUT2D eigenvalue weighted by Gasteiger charge is 2.17. The molecule has 0 saturated heterocycles. The Labute approximate surface area is 88.4 Å². The number of hydrogen-bond acceptors (Lipinski definition) is 4. The summed E-state index contributed by atoms with van der Waals surface area (Å²) in [6.07, 6.45) is 2.56. The van der Waals surface area contributed by atoms with Crippen LogP contribution in [0.4, 0.5) is 13.9 Å². The topological polar surface area (TPSA) is 56.7 Å². The lowest BCUT2D eigenvalue weighted by molar-refractivity contribution is 0.0721. The Hall–Kier alpha value is -1.50. The standard InChI is InChI=1S/C8H8F2N4S/c1-4-5(15-8(11)13-4)6-12-2-3-14(6)7(9)10/h2-3,7H,1H3,(H2,11,13). The lowest BCUT2D eigenvalue weighted by atomic mass is 10.4. The lowest BCUT2D eigenvalue weighted by Crippen LogP contribution is -1.99. The molecule has 0 saturated carbocycles. The summed E-state index contributed by atoms with van der Waals surface area (Å²) < 4.78 is 25.9. The highest BCUT2D eigenvalue weighted by atomic mass is 32.1. The van der Waals surface area contributed by atoms with Crippen molar-refractivity contribution in [2.24, 2.45) is 0 Å². The van der Waals surface area contributed by atoms with E-state index in [1.54, 1.807) is 6.92 Å². The molecule has 0 aromatic carbocycles. The van der Waals surface area contributed by atoms with Crippen LogP contribution < -0.4 is 5.73 Å². The smallest absolute Gasteiger partial charge is 0.320 e. The van der Waals surface area contributed by atoms with Crippen molar-refractivity contribution in [2.45, 2.75) is 13.5 Å². The van der Waals surface area contributed by atoms with Crippen LogP contribution in [0, 0.1) is 6.92 Å². The van der Waals surface area contributed by atoms with Crippen molar-refractivity contribution in [2.75, 3.05) is 5.73 Å². The maximum absolute atomic E-state index is 12.6. The third-order valence-electron chi connectivity index (χ3n) is 1.90. The van der Waals surface area contributed by atoms with Crippen molar-refractivity contribution in [3.05, 3.63) is 18.1 Å². The summed E-state index contributed by atoms with van der Waals surface area (Å²) >= 11 is 1.15. The SMILES string of the molecule is Cc1nc(N)sc1-c1nccn1C(F)F. The van der Waals surface area contributed by atoms with E-state index in [2.05, 4.69) is 9.97 Å². The van der Waals surface area contributed by atoms with E-state index in [4.69, 9.17) is 5.73 Å². The van der Waals surface area contributed by atoms with Crippen LogP contribution in [0.1, 0.15) is 12.2 Å². The molecule has 80 valence electrons. The van der Waals surface area contributed by atoms with Gasteiger partial charge >= 0.3 is 6.55 Å². The molecule has 0 radical (unpaired) electrons. The van der Waals surface area contributed by atoms with Crippen LogP contribution in [0.15, 0.2) is 12.4 Å². The largest absolute Gasteiger partial charge is 0.375 e. The number of thiazole rings is 1. The number of halogens is 2. The van der Waals surface area contributed by atoms with Gasteiger partial charge in [-0.25, -0.2) is 9.97 Å². The van der Waals surface area contributed by atoms with Crippen LogP contribution in [-0.2, 0) is 0 Å². The van der Waals surface area contributed by atoms with E-state index in [0.29, 0.717) is 15.7 Å². The van der Waals surface area contributed by atoms with Gasteiger partial charge in [0.2, 0.25) is 0 Å². The predicted molar refractivity (Wildman–Crippen MR) is 53.7 cm³/mol. The number of aryl methyl sites for hydroxylation is 1. The van der Waals surface area contributed by atoms with Gasteiger partial charge in [-0.3, -0.25) is 4.57 Å². The minimum absolute atomic E-state index is 0.205. The minimum atomic E-state index is -2.61. The number of nitrogen functional groups attached to an aromatic ring is 1. The molecule has 4 nitrogen and oxygen atoms in total. The molecule has 0 atom stereocenters. The predicted octanol–water partition coefficient (Wildman–Crippen LogP) is 2.29. The molecule has 0 fully saturated rings. The van der Waals surface area contributed by atoms with Gasteiger partial charge in [-0.2, -0.15) is 8.78 Å². The molecule has 7 heteroatoms. The summed E-state index contributed by atoms with van der Waals surface area (Å²) in [5.41, 5.74) is 6.11. The average Bonchev–Trinajstić information content (AvgIpc) is 2.71. The summed E-state index contributed by atoms with van der Waals surface area (Å²) in [6, 6.07) is 0. The highest BCUT2D eigenvalue weighted by Crippen LogP contribution is 2.31. The van der Waals surface area contributed by atoms with E-state index in [0.717, 1.165) is 15.9 Å². The second-order valence-corrected chi connectivity index (χ2v) is 3.93.